The smallest absolute Gasteiger partial charge is 0.349 e. The number of nitrogens with zero attached hydrogens (tertiary/aromatic N) is 1. The first-order valence-electron chi connectivity index (χ1n) is 5.49. The summed E-state index contributed by atoms with van der Waals surface area (Å²) < 4.78 is 30.6. The van der Waals surface area contributed by atoms with Crippen LogP contribution in [-0.2, 0) is 14.8 Å². The van der Waals surface area contributed by atoms with E-state index in [1.165, 1.54) is 18.5 Å². The fraction of sp³-hybridized carbons (Fsp3) is 0.545. The maximum Gasteiger partial charge on any atom is 0.349 e. The van der Waals surface area contributed by atoms with Gasteiger partial charge in [0.2, 0.25) is 10.0 Å². The minimum Gasteiger partial charge on any atom is -0.465 e. The van der Waals surface area contributed by atoms with Crippen molar-refractivity contribution in [1.82, 2.24) is 4.31 Å². The number of methoxy groups -OCH3 is 1. The maximum absolute atomic E-state index is 12.4. The molecule has 0 amide bonds. The number of hydrogen-bond donors (Lipinski definition) is 0. The largest absolute Gasteiger partial charge is 0.465 e. The van der Waals surface area contributed by atoms with E-state index in [2.05, 4.69) is 4.74 Å². The van der Waals surface area contributed by atoms with Crippen LogP contribution in [0.25, 0.3) is 0 Å². The van der Waals surface area contributed by atoms with E-state index in [-0.39, 0.29) is 9.77 Å². The highest BCUT2D eigenvalue weighted by atomic mass is 32.2. The molecule has 0 aliphatic carbocycles. The molecule has 0 saturated carbocycles. The number of carbonyl (C=O) groups excluding carboxylic acids is 1. The molecule has 0 unspecified atom stereocenters. The fourth-order valence-electron chi connectivity index (χ4n) is 1.58. The number of carbonyl (C=O) groups is 1. The summed E-state index contributed by atoms with van der Waals surface area (Å²) in [6.07, 6.45) is 0.715. The molecule has 1 aromatic rings. The fourth-order valence-corrected chi connectivity index (χ4v) is 4.49. The molecule has 0 N–H and O–H groups in total. The van der Waals surface area contributed by atoms with Gasteiger partial charge in [-0.25, -0.2) is 17.5 Å². The quantitative estimate of drug-likeness (QED) is 0.777. The van der Waals surface area contributed by atoms with E-state index in [1.807, 2.05) is 6.92 Å². The molecule has 0 radical (unpaired) electrons. The molecule has 18 heavy (non-hydrogen) atoms. The van der Waals surface area contributed by atoms with Gasteiger partial charge in [-0.3, -0.25) is 0 Å². The van der Waals surface area contributed by atoms with Crippen LogP contribution in [0.5, 0.6) is 0 Å². The summed E-state index contributed by atoms with van der Waals surface area (Å²) in [5.41, 5.74) is 0.573. The lowest BCUT2D eigenvalue weighted by molar-refractivity contribution is 0.0602. The average molecular weight is 291 g/mol. The zero-order valence-electron chi connectivity index (χ0n) is 10.9. The van der Waals surface area contributed by atoms with Crippen LogP contribution >= 0.6 is 11.3 Å². The van der Waals surface area contributed by atoms with Gasteiger partial charge in [0.1, 0.15) is 9.77 Å². The third-order valence-corrected chi connectivity index (χ3v) is 5.75. The Morgan fingerprint density at radius 2 is 2.11 bits per heavy atom. The van der Waals surface area contributed by atoms with Crippen molar-refractivity contribution in [2.45, 2.75) is 25.2 Å². The Balaban J connectivity index is 3.32. The second-order valence-corrected chi connectivity index (χ2v) is 6.76. The molecule has 0 spiro atoms. The Morgan fingerprint density at radius 3 is 2.61 bits per heavy atom. The number of hydrogen-bond acceptors (Lipinski definition) is 5. The van der Waals surface area contributed by atoms with Gasteiger partial charge >= 0.3 is 5.97 Å². The highest BCUT2D eigenvalue weighted by Crippen LogP contribution is 2.29. The lowest BCUT2D eigenvalue weighted by Gasteiger charge is -2.17. The first kappa shape index (κ1) is 15.1. The lowest BCUT2D eigenvalue weighted by atomic mass is 10.3. The molecule has 0 saturated heterocycles. The summed E-state index contributed by atoms with van der Waals surface area (Å²) >= 11 is 1.09. The molecule has 0 atom stereocenters. The summed E-state index contributed by atoms with van der Waals surface area (Å²) in [6, 6.07) is 0. The number of aryl methyl sites for hydroxylation is 1. The minimum absolute atomic E-state index is 0.0651. The number of sulfonamides is 1. The van der Waals surface area contributed by atoms with Gasteiger partial charge in [-0.15, -0.1) is 11.3 Å². The Bertz CT molecular complexity index is 533. The highest BCUT2D eigenvalue weighted by molar-refractivity contribution is 7.89. The average Bonchev–Trinajstić information content (AvgIpc) is 2.71. The predicted octanol–water partition coefficient (Wildman–Crippen LogP) is 1.87. The zero-order chi connectivity index (χ0) is 13.9. The minimum atomic E-state index is -3.63. The second-order valence-electron chi connectivity index (χ2n) is 3.90. The summed E-state index contributed by atoms with van der Waals surface area (Å²) in [5.74, 6) is -0.614. The van der Waals surface area contributed by atoms with Gasteiger partial charge in [0.25, 0.3) is 0 Å². The molecule has 0 bridgehead atoms. The molecule has 0 aliphatic heterocycles. The Labute approximate surface area is 111 Å². The van der Waals surface area contributed by atoms with E-state index in [1.54, 1.807) is 12.3 Å². The summed E-state index contributed by atoms with van der Waals surface area (Å²) in [7, 11) is -0.881. The number of ether oxygens (including phenoxy) is 1. The van der Waals surface area contributed by atoms with Gasteiger partial charge in [-0.2, -0.15) is 0 Å². The van der Waals surface area contributed by atoms with E-state index in [4.69, 9.17) is 0 Å². The molecular weight excluding hydrogens is 274 g/mol. The van der Waals surface area contributed by atoms with Gasteiger partial charge in [0.05, 0.1) is 7.11 Å². The predicted molar refractivity (Wildman–Crippen MR) is 70.5 cm³/mol. The van der Waals surface area contributed by atoms with E-state index >= 15 is 0 Å². The molecule has 1 aromatic heterocycles. The van der Waals surface area contributed by atoms with Crippen molar-refractivity contribution in [3.05, 3.63) is 15.8 Å². The van der Waals surface area contributed by atoms with Crippen molar-refractivity contribution in [3.63, 3.8) is 0 Å². The van der Waals surface area contributed by atoms with Gasteiger partial charge < -0.3 is 4.74 Å². The first-order valence-corrected chi connectivity index (χ1v) is 7.81. The number of esters is 1. The van der Waals surface area contributed by atoms with Crippen LogP contribution in [0, 0.1) is 6.92 Å². The van der Waals surface area contributed by atoms with E-state index < -0.39 is 16.0 Å². The van der Waals surface area contributed by atoms with Crippen LogP contribution in [0.1, 0.15) is 28.6 Å². The van der Waals surface area contributed by atoms with Crippen LogP contribution in [0.4, 0.5) is 0 Å². The third-order valence-electron chi connectivity index (χ3n) is 2.50. The molecule has 5 nitrogen and oxygen atoms in total. The van der Waals surface area contributed by atoms with Crippen molar-refractivity contribution in [3.8, 4) is 0 Å². The van der Waals surface area contributed by atoms with Crippen molar-refractivity contribution in [1.29, 1.82) is 0 Å². The highest BCUT2D eigenvalue weighted by Gasteiger charge is 2.30. The van der Waals surface area contributed by atoms with Gasteiger partial charge in [-0.05, 0) is 24.3 Å². The second kappa shape index (κ2) is 5.81. The molecule has 7 heteroatoms. The van der Waals surface area contributed by atoms with E-state index in [0.717, 1.165) is 11.3 Å². The molecule has 0 aliphatic rings. The van der Waals surface area contributed by atoms with Crippen LogP contribution < -0.4 is 0 Å². The van der Waals surface area contributed by atoms with Crippen LogP contribution in [0.3, 0.4) is 0 Å². The maximum atomic E-state index is 12.4. The van der Waals surface area contributed by atoms with Crippen molar-refractivity contribution >= 4 is 27.3 Å². The summed E-state index contributed by atoms with van der Waals surface area (Å²) in [4.78, 5) is 11.8. The molecule has 0 fully saturated rings. The SMILES string of the molecule is CCCN(C)S(=O)(=O)c1c(C)csc1C(=O)OC. The van der Waals surface area contributed by atoms with Crippen molar-refractivity contribution in [2.24, 2.45) is 0 Å². The summed E-state index contributed by atoms with van der Waals surface area (Å²) in [6.45, 7) is 3.99. The number of thiophene rings is 1. The molecular formula is C11H17NO4S2. The van der Waals surface area contributed by atoms with Crippen molar-refractivity contribution in [2.75, 3.05) is 20.7 Å². The normalized spacial score (nSPS) is 11.8. The van der Waals surface area contributed by atoms with Crippen LogP contribution in [0.2, 0.25) is 0 Å². The molecule has 0 aromatic carbocycles. The van der Waals surface area contributed by atoms with Crippen LogP contribution in [-0.4, -0.2) is 39.4 Å². The molecule has 1 rings (SSSR count). The number of rotatable bonds is 5. The van der Waals surface area contributed by atoms with Crippen LogP contribution in [0.15, 0.2) is 10.3 Å². The van der Waals surface area contributed by atoms with Crippen molar-refractivity contribution < 1.29 is 17.9 Å². The summed E-state index contributed by atoms with van der Waals surface area (Å²) in [5, 5.41) is 1.65. The molecule has 1 heterocycles. The Kier molecular flexibility index (Phi) is 4.89. The first-order chi connectivity index (χ1) is 8.36. The van der Waals surface area contributed by atoms with Gasteiger partial charge in [0.15, 0.2) is 0 Å². The van der Waals surface area contributed by atoms with E-state index in [9.17, 15) is 13.2 Å². The monoisotopic (exact) mass is 291 g/mol. The standard InChI is InChI=1S/C11H17NO4S2/c1-5-6-12(3)18(14,15)10-8(2)7-17-9(10)11(13)16-4/h7H,5-6H2,1-4H3. The third kappa shape index (κ3) is 2.73. The van der Waals surface area contributed by atoms with Gasteiger partial charge in [-0.1, -0.05) is 6.92 Å². The Morgan fingerprint density at radius 1 is 1.50 bits per heavy atom. The topological polar surface area (TPSA) is 63.7 Å². The zero-order valence-corrected chi connectivity index (χ0v) is 12.5. The Hall–Kier alpha value is -0.920. The van der Waals surface area contributed by atoms with E-state index in [0.29, 0.717) is 18.5 Å². The lowest BCUT2D eigenvalue weighted by Crippen LogP contribution is -2.29. The van der Waals surface area contributed by atoms with Gasteiger partial charge in [0, 0.05) is 13.6 Å². The molecule has 102 valence electrons.